The van der Waals surface area contributed by atoms with Crippen molar-refractivity contribution in [3.8, 4) is 5.75 Å². The second-order valence-electron chi connectivity index (χ2n) is 7.42. The molecule has 5 heteroatoms. The molecule has 31 heavy (non-hydrogen) atoms. The van der Waals surface area contributed by atoms with E-state index in [9.17, 15) is 4.79 Å². The third kappa shape index (κ3) is 4.45. The van der Waals surface area contributed by atoms with E-state index in [0.717, 1.165) is 24.2 Å². The number of carbonyl (C=O) groups excluding carboxylic acids is 1. The average Bonchev–Trinajstić information content (AvgIpc) is 3.25. The van der Waals surface area contributed by atoms with Crippen LogP contribution < -0.4 is 4.74 Å². The van der Waals surface area contributed by atoms with Gasteiger partial charge in [0.1, 0.15) is 19.5 Å². The molecule has 0 saturated heterocycles. The van der Waals surface area contributed by atoms with Gasteiger partial charge < -0.3 is 14.3 Å². The van der Waals surface area contributed by atoms with Gasteiger partial charge in [-0.2, -0.15) is 0 Å². The van der Waals surface area contributed by atoms with Crippen molar-refractivity contribution in [2.45, 2.75) is 25.4 Å². The van der Waals surface area contributed by atoms with Gasteiger partial charge in [-0.05, 0) is 47.2 Å². The van der Waals surface area contributed by atoms with E-state index in [1.807, 2.05) is 30.3 Å². The number of hydrogen-bond acceptors (Lipinski definition) is 5. The Balaban J connectivity index is 1.49. The van der Waals surface area contributed by atoms with Gasteiger partial charge >= 0.3 is 5.97 Å². The smallest absolute Gasteiger partial charge is 0.360 e. The number of ether oxygens (including phenoxy) is 2. The van der Waals surface area contributed by atoms with Crippen molar-refractivity contribution in [3.05, 3.63) is 101 Å². The first-order valence-corrected chi connectivity index (χ1v) is 10.3. The monoisotopic (exact) mass is 415 g/mol. The van der Waals surface area contributed by atoms with Gasteiger partial charge in [-0.1, -0.05) is 65.8 Å². The van der Waals surface area contributed by atoms with Crippen LogP contribution in [0, 0.1) is 0 Å². The summed E-state index contributed by atoms with van der Waals surface area (Å²) in [6, 6.07) is 24.4. The zero-order valence-corrected chi connectivity index (χ0v) is 17.7. The summed E-state index contributed by atoms with van der Waals surface area (Å²) >= 11 is 0. The second kappa shape index (κ2) is 9.47. The minimum atomic E-state index is -0.560. The highest BCUT2D eigenvalue weighted by atomic mass is 16.6. The summed E-state index contributed by atoms with van der Waals surface area (Å²) in [6.07, 6.45) is 2.27. The minimum Gasteiger partial charge on any atom is -0.489 e. The normalized spacial score (nSPS) is 15.3. The summed E-state index contributed by atoms with van der Waals surface area (Å²) in [7, 11) is 2.71. The molecular formula is C26H25NO4. The topological polar surface area (TPSA) is 57.1 Å². The summed E-state index contributed by atoms with van der Waals surface area (Å²) < 4.78 is 10.8. The zero-order chi connectivity index (χ0) is 21.6. The maximum Gasteiger partial charge on any atom is 0.360 e. The van der Waals surface area contributed by atoms with Gasteiger partial charge in [0.15, 0.2) is 5.71 Å². The molecule has 0 saturated carbocycles. The summed E-state index contributed by atoms with van der Waals surface area (Å²) in [4.78, 5) is 16.9. The molecule has 4 rings (SSSR count). The Morgan fingerprint density at radius 3 is 2.48 bits per heavy atom. The van der Waals surface area contributed by atoms with Gasteiger partial charge in [0.05, 0.1) is 7.11 Å². The molecule has 0 aliphatic heterocycles. The van der Waals surface area contributed by atoms with Crippen molar-refractivity contribution < 1.29 is 19.1 Å². The Labute approximate surface area is 182 Å². The van der Waals surface area contributed by atoms with Gasteiger partial charge in [-0.15, -0.1) is 0 Å². The number of carbonyl (C=O) groups is 1. The molecule has 5 nitrogen and oxygen atoms in total. The van der Waals surface area contributed by atoms with Crippen LogP contribution in [0.4, 0.5) is 0 Å². The lowest BCUT2D eigenvalue weighted by molar-refractivity contribution is -0.132. The maximum absolute atomic E-state index is 12.1. The van der Waals surface area contributed by atoms with Gasteiger partial charge in [0.2, 0.25) is 0 Å². The van der Waals surface area contributed by atoms with Crippen molar-refractivity contribution >= 4 is 11.7 Å². The molecule has 1 aliphatic rings. The molecule has 1 aliphatic carbocycles. The standard InChI is InChI=1S/C26H25NO4/c1-29-26(28)25(27-30-2)24-10-6-4-8-20(24)17-31-21-14-11-19(12-15-21)23-16-13-18-7-3-5-9-22(18)23/h3-12,14-15,23H,13,16-17H2,1-2H3. The molecule has 0 amide bonds. The third-order valence-corrected chi connectivity index (χ3v) is 5.64. The van der Waals surface area contributed by atoms with Gasteiger partial charge in [0, 0.05) is 11.5 Å². The summed E-state index contributed by atoms with van der Waals surface area (Å²) in [5, 5.41) is 3.84. The second-order valence-corrected chi connectivity index (χ2v) is 7.42. The van der Waals surface area contributed by atoms with Crippen molar-refractivity contribution in [3.63, 3.8) is 0 Å². The van der Waals surface area contributed by atoms with E-state index in [4.69, 9.17) is 14.3 Å². The fraction of sp³-hybridized carbons (Fsp3) is 0.231. The first kappa shape index (κ1) is 20.7. The molecule has 0 bridgehead atoms. The first-order valence-electron chi connectivity index (χ1n) is 10.3. The summed E-state index contributed by atoms with van der Waals surface area (Å²) in [5.74, 6) is 0.655. The lowest BCUT2D eigenvalue weighted by Gasteiger charge is -2.14. The minimum absolute atomic E-state index is 0.111. The Kier molecular flexibility index (Phi) is 6.32. The molecule has 1 unspecified atom stereocenters. The average molecular weight is 415 g/mol. The number of rotatable bonds is 7. The van der Waals surface area contributed by atoms with Crippen molar-refractivity contribution in [1.29, 1.82) is 0 Å². The number of fused-ring (bicyclic) bond motifs is 1. The predicted molar refractivity (Wildman–Crippen MR) is 119 cm³/mol. The number of esters is 1. The van der Waals surface area contributed by atoms with E-state index in [2.05, 4.69) is 41.6 Å². The van der Waals surface area contributed by atoms with Crippen molar-refractivity contribution in [2.75, 3.05) is 14.2 Å². The van der Waals surface area contributed by atoms with E-state index in [1.165, 1.54) is 30.9 Å². The van der Waals surface area contributed by atoms with Gasteiger partial charge in [0.25, 0.3) is 0 Å². The molecule has 3 aromatic carbocycles. The molecule has 3 aromatic rings. The van der Waals surface area contributed by atoms with Gasteiger partial charge in [-0.25, -0.2) is 4.79 Å². The fourth-order valence-corrected chi connectivity index (χ4v) is 4.12. The molecule has 158 valence electrons. The highest BCUT2D eigenvalue weighted by Crippen LogP contribution is 2.38. The Morgan fingerprint density at radius 2 is 1.71 bits per heavy atom. The van der Waals surface area contributed by atoms with Crippen LogP contribution in [0.15, 0.2) is 78.0 Å². The molecular weight excluding hydrogens is 390 g/mol. The van der Waals surface area contributed by atoms with Crippen LogP contribution in [-0.4, -0.2) is 25.9 Å². The summed E-state index contributed by atoms with van der Waals surface area (Å²) in [5.41, 5.74) is 5.73. The van der Waals surface area contributed by atoms with E-state index in [0.29, 0.717) is 18.1 Å². The maximum atomic E-state index is 12.1. The SMILES string of the molecule is CON=C(C(=O)OC)c1ccccc1COc1ccc(C2CCc3ccccc32)cc1. The zero-order valence-electron chi connectivity index (χ0n) is 17.7. The van der Waals surface area contributed by atoms with Crippen LogP contribution in [0.2, 0.25) is 0 Å². The molecule has 0 fully saturated rings. The Bertz CT molecular complexity index is 1090. The number of methoxy groups -OCH3 is 1. The van der Waals surface area contributed by atoms with E-state index >= 15 is 0 Å². The molecule has 0 spiro atoms. The van der Waals surface area contributed by atoms with Crippen LogP contribution in [0.3, 0.4) is 0 Å². The highest BCUT2D eigenvalue weighted by molar-refractivity contribution is 6.43. The van der Waals surface area contributed by atoms with Crippen molar-refractivity contribution in [1.82, 2.24) is 0 Å². The highest BCUT2D eigenvalue weighted by Gasteiger charge is 2.23. The predicted octanol–water partition coefficient (Wildman–Crippen LogP) is 4.87. The number of nitrogens with zero attached hydrogens (tertiary/aromatic N) is 1. The molecule has 0 aromatic heterocycles. The quantitative estimate of drug-likeness (QED) is 0.314. The summed E-state index contributed by atoms with van der Waals surface area (Å²) in [6.45, 7) is 0.293. The first-order chi connectivity index (χ1) is 15.2. The Hall–Kier alpha value is -3.60. The van der Waals surface area contributed by atoms with E-state index in [-0.39, 0.29) is 5.71 Å². The lowest BCUT2D eigenvalue weighted by Crippen LogP contribution is -2.19. The van der Waals surface area contributed by atoms with Crippen LogP contribution in [-0.2, 0) is 27.4 Å². The van der Waals surface area contributed by atoms with Crippen LogP contribution in [0.1, 0.15) is 40.2 Å². The lowest BCUT2D eigenvalue weighted by atomic mass is 9.93. The van der Waals surface area contributed by atoms with E-state index < -0.39 is 5.97 Å². The molecule has 0 heterocycles. The van der Waals surface area contributed by atoms with Crippen LogP contribution in [0.5, 0.6) is 5.75 Å². The third-order valence-electron chi connectivity index (χ3n) is 5.64. The fourth-order valence-electron chi connectivity index (χ4n) is 4.12. The number of aryl methyl sites for hydroxylation is 1. The Morgan fingerprint density at radius 1 is 0.968 bits per heavy atom. The number of hydrogen-bond donors (Lipinski definition) is 0. The largest absolute Gasteiger partial charge is 0.489 e. The van der Waals surface area contributed by atoms with Crippen molar-refractivity contribution in [2.24, 2.45) is 5.16 Å². The number of benzene rings is 3. The molecule has 0 radical (unpaired) electrons. The van der Waals surface area contributed by atoms with Gasteiger partial charge in [-0.3, -0.25) is 0 Å². The molecule has 0 N–H and O–H groups in total. The van der Waals surface area contributed by atoms with E-state index in [1.54, 1.807) is 6.07 Å². The number of oxime groups is 1. The van der Waals surface area contributed by atoms with Crippen LogP contribution >= 0.6 is 0 Å². The molecule has 1 atom stereocenters. The van der Waals surface area contributed by atoms with Crippen LogP contribution in [0.25, 0.3) is 0 Å².